The van der Waals surface area contributed by atoms with Gasteiger partial charge in [-0.2, -0.15) is 4.31 Å². The summed E-state index contributed by atoms with van der Waals surface area (Å²) in [6, 6.07) is 6.53. The van der Waals surface area contributed by atoms with Gasteiger partial charge in [-0.15, -0.1) is 0 Å². The van der Waals surface area contributed by atoms with Crippen LogP contribution in [0.3, 0.4) is 0 Å². The molecule has 2 rings (SSSR count). The van der Waals surface area contributed by atoms with E-state index in [2.05, 4.69) is 4.74 Å². The first kappa shape index (κ1) is 16.7. The first-order chi connectivity index (χ1) is 10.5. The fourth-order valence-corrected chi connectivity index (χ4v) is 3.93. The van der Waals surface area contributed by atoms with Crippen LogP contribution in [0.5, 0.6) is 0 Å². The van der Waals surface area contributed by atoms with Crippen LogP contribution in [0.4, 0.5) is 0 Å². The number of hydrogen-bond acceptors (Lipinski definition) is 4. The van der Waals surface area contributed by atoms with Gasteiger partial charge in [0.1, 0.15) is 0 Å². The molecule has 6 heteroatoms. The summed E-state index contributed by atoms with van der Waals surface area (Å²) in [7, 11) is -2.11. The predicted octanol–water partition coefficient (Wildman–Crippen LogP) is 2.44. The van der Waals surface area contributed by atoms with Crippen LogP contribution in [0.1, 0.15) is 31.2 Å². The van der Waals surface area contributed by atoms with Gasteiger partial charge in [-0.1, -0.05) is 25.0 Å². The lowest BCUT2D eigenvalue weighted by Crippen LogP contribution is -2.31. The lowest BCUT2D eigenvalue weighted by molar-refractivity contribution is -0.134. The van der Waals surface area contributed by atoms with Crippen molar-refractivity contribution < 1.29 is 17.9 Å². The Bertz CT molecular complexity index is 627. The third-order valence-corrected chi connectivity index (χ3v) is 5.61. The number of carbonyl (C=O) groups excluding carboxylic acids is 1. The zero-order valence-electron chi connectivity index (χ0n) is 12.7. The average molecular weight is 323 g/mol. The normalized spacial score (nSPS) is 17.3. The quantitative estimate of drug-likeness (QED) is 0.630. The van der Waals surface area contributed by atoms with Crippen molar-refractivity contribution in [2.75, 3.05) is 20.2 Å². The number of sulfonamides is 1. The Hall–Kier alpha value is -1.66. The van der Waals surface area contributed by atoms with Crippen molar-refractivity contribution in [3.8, 4) is 0 Å². The summed E-state index contributed by atoms with van der Waals surface area (Å²) in [6.07, 6.45) is 6.90. The van der Waals surface area contributed by atoms with Gasteiger partial charge in [0.2, 0.25) is 10.0 Å². The zero-order chi connectivity index (χ0) is 16.0. The van der Waals surface area contributed by atoms with Crippen molar-refractivity contribution in [2.24, 2.45) is 0 Å². The van der Waals surface area contributed by atoms with Crippen molar-refractivity contribution >= 4 is 22.1 Å². The van der Waals surface area contributed by atoms with Crippen LogP contribution in [0, 0.1) is 0 Å². The minimum Gasteiger partial charge on any atom is -0.466 e. The monoisotopic (exact) mass is 323 g/mol. The molecule has 0 unspecified atom stereocenters. The average Bonchev–Trinajstić information content (AvgIpc) is 2.82. The molecule has 0 amide bonds. The van der Waals surface area contributed by atoms with E-state index < -0.39 is 16.0 Å². The van der Waals surface area contributed by atoms with E-state index in [9.17, 15) is 13.2 Å². The molecule has 1 aromatic rings. The Balaban J connectivity index is 2.14. The molecule has 22 heavy (non-hydrogen) atoms. The van der Waals surface area contributed by atoms with Gasteiger partial charge in [-0.25, -0.2) is 13.2 Å². The van der Waals surface area contributed by atoms with Crippen molar-refractivity contribution in [1.29, 1.82) is 0 Å². The van der Waals surface area contributed by atoms with Crippen LogP contribution in [-0.2, 0) is 19.6 Å². The molecule has 1 saturated heterocycles. The number of rotatable bonds is 4. The molecule has 0 atom stereocenters. The van der Waals surface area contributed by atoms with Gasteiger partial charge < -0.3 is 4.74 Å². The number of benzene rings is 1. The smallest absolute Gasteiger partial charge is 0.330 e. The van der Waals surface area contributed by atoms with E-state index in [-0.39, 0.29) is 0 Å². The molecule has 1 aromatic carbocycles. The summed E-state index contributed by atoms with van der Waals surface area (Å²) >= 11 is 0. The van der Waals surface area contributed by atoms with Crippen LogP contribution in [0.25, 0.3) is 6.08 Å². The molecule has 5 nitrogen and oxygen atoms in total. The molecule has 0 aliphatic carbocycles. The Morgan fingerprint density at radius 3 is 2.23 bits per heavy atom. The molecule has 0 radical (unpaired) electrons. The van der Waals surface area contributed by atoms with E-state index in [4.69, 9.17) is 0 Å². The first-order valence-electron chi connectivity index (χ1n) is 7.40. The molecule has 0 saturated carbocycles. The maximum absolute atomic E-state index is 12.6. The van der Waals surface area contributed by atoms with Crippen LogP contribution in [0.15, 0.2) is 35.2 Å². The molecule has 1 aliphatic rings. The Kier molecular flexibility index (Phi) is 5.74. The number of carbonyl (C=O) groups is 1. The van der Waals surface area contributed by atoms with E-state index in [1.165, 1.54) is 13.2 Å². The van der Waals surface area contributed by atoms with Crippen molar-refractivity contribution in [3.63, 3.8) is 0 Å². The minimum atomic E-state index is -3.42. The summed E-state index contributed by atoms with van der Waals surface area (Å²) < 4.78 is 31.3. The summed E-state index contributed by atoms with van der Waals surface area (Å²) in [5, 5.41) is 0. The standard InChI is InChI=1S/C16H21NO4S/c1-21-16(18)11-8-14-6-9-15(10-7-14)22(19,20)17-12-4-2-3-5-13-17/h6-11H,2-5,12-13H2,1H3/b11-8+. The van der Waals surface area contributed by atoms with Crippen LogP contribution in [0.2, 0.25) is 0 Å². The van der Waals surface area contributed by atoms with Gasteiger partial charge in [0.05, 0.1) is 12.0 Å². The Labute approximate surface area is 131 Å². The van der Waals surface area contributed by atoms with Crippen molar-refractivity contribution in [1.82, 2.24) is 4.31 Å². The third-order valence-electron chi connectivity index (χ3n) is 3.70. The molecular formula is C16H21NO4S. The number of ether oxygens (including phenoxy) is 1. The third kappa shape index (κ3) is 4.18. The summed E-state index contributed by atoms with van der Waals surface area (Å²) in [5.74, 6) is -0.443. The highest BCUT2D eigenvalue weighted by atomic mass is 32.2. The van der Waals surface area contributed by atoms with E-state index in [1.54, 1.807) is 34.6 Å². The summed E-state index contributed by atoms with van der Waals surface area (Å²) in [6.45, 7) is 1.18. The van der Waals surface area contributed by atoms with Gasteiger partial charge in [-0.3, -0.25) is 0 Å². The predicted molar refractivity (Wildman–Crippen MR) is 84.7 cm³/mol. The van der Waals surface area contributed by atoms with Crippen molar-refractivity contribution in [3.05, 3.63) is 35.9 Å². The van der Waals surface area contributed by atoms with E-state index >= 15 is 0 Å². The molecule has 120 valence electrons. The van der Waals surface area contributed by atoms with Gasteiger partial charge >= 0.3 is 5.97 Å². The molecule has 1 fully saturated rings. The lowest BCUT2D eigenvalue weighted by Gasteiger charge is -2.19. The molecule has 0 N–H and O–H groups in total. The number of nitrogens with zero attached hydrogens (tertiary/aromatic N) is 1. The van der Waals surface area contributed by atoms with Crippen LogP contribution < -0.4 is 0 Å². The van der Waals surface area contributed by atoms with E-state index in [1.807, 2.05) is 0 Å². The second-order valence-corrected chi connectivity index (χ2v) is 7.18. The highest BCUT2D eigenvalue weighted by Crippen LogP contribution is 2.20. The first-order valence-corrected chi connectivity index (χ1v) is 8.84. The molecule has 1 heterocycles. The van der Waals surface area contributed by atoms with Crippen molar-refractivity contribution in [2.45, 2.75) is 30.6 Å². The number of methoxy groups -OCH3 is 1. The largest absolute Gasteiger partial charge is 0.466 e. The van der Waals surface area contributed by atoms with Gasteiger partial charge in [0.15, 0.2) is 0 Å². The molecular weight excluding hydrogens is 302 g/mol. The maximum Gasteiger partial charge on any atom is 0.330 e. The van der Waals surface area contributed by atoms with Crippen LogP contribution >= 0.6 is 0 Å². The maximum atomic E-state index is 12.6. The highest BCUT2D eigenvalue weighted by Gasteiger charge is 2.24. The number of hydrogen-bond donors (Lipinski definition) is 0. The van der Waals surface area contributed by atoms with E-state index in [0.717, 1.165) is 31.2 Å². The number of esters is 1. The lowest BCUT2D eigenvalue weighted by atomic mass is 10.2. The minimum absolute atomic E-state index is 0.296. The second kappa shape index (κ2) is 7.56. The molecule has 1 aliphatic heterocycles. The fourth-order valence-electron chi connectivity index (χ4n) is 2.41. The second-order valence-electron chi connectivity index (χ2n) is 5.24. The molecule has 0 spiro atoms. The van der Waals surface area contributed by atoms with Gasteiger partial charge in [0.25, 0.3) is 0 Å². The van der Waals surface area contributed by atoms with E-state index in [0.29, 0.717) is 18.0 Å². The molecule has 0 aromatic heterocycles. The summed E-state index contributed by atoms with van der Waals surface area (Å²) in [5.41, 5.74) is 0.750. The van der Waals surface area contributed by atoms with Crippen LogP contribution in [-0.4, -0.2) is 38.9 Å². The van der Waals surface area contributed by atoms with Gasteiger partial charge in [-0.05, 0) is 36.6 Å². The highest BCUT2D eigenvalue weighted by molar-refractivity contribution is 7.89. The summed E-state index contributed by atoms with van der Waals surface area (Å²) in [4.78, 5) is 11.3. The Morgan fingerprint density at radius 1 is 1.09 bits per heavy atom. The van der Waals surface area contributed by atoms with Gasteiger partial charge in [0, 0.05) is 19.2 Å². The topological polar surface area (TPSA) is 63.7 Å². The molecule has 0 bridgehead atoms. The fraction of sp³-hybridized carbons (Fsp3) is 0.438. The zero-order valence-corrected chi connectivity index (χ0v) is 13.5. The Morgan fingerprint density at radius 2 is 1.68 bits per heavy atom. The SMILES string of the molecule is COC(=O)/C=C/c1ccc(S(=O)(=O)N2CCCCCC2)cc1.